The molecular formula is C13H22BNOY-2. The van der Waals surface area contributed by atoms with E-state index in [9.17, 15) is 4.79 Å². The van der Waals surface area contributed by atoms with Gasteiger partial charge in [0.1, 0.15) is 0 Å². The van der Waals surface area contributed by atoms with Gasteiger partial charge in [-0.1, -0.05) is 44.9 Å². The average Bonchev–Trinajstić information content (AvgIpc) is 2.29. The molecule has 1 heterocycles. The molecule has 0 aromatic heterocycles. The molecule has 1 aliphatic carbocycles. The van der Waals surface area contributed by atoms with Crippen molar-refractivity contribution in [2.45, 2.75) is 51.4 Å². The number of hydrogen-bond acceptors (Lipinski definition) is 1. The maximum Gasteiger partial charge on any atom is 0.234 e. The van der Waals surface area contributed by atoms with E-state index >= 15 is 0 Å². The van der Waals surface area contributed by atoms with Crippen LogP contribution >= 0.6 is 0 Å². The third kappa shape index (κ3) is 8.05. The zero-order valence-electron chi connectivity index (χ0n) is 11.0. The van der Waals surface area contributed by atoms with Gasteiger partial charge in [0.05, 0.1) is 0 Å². The van der Waals surface area contributed by atoms with Crippen molar-refractivity contribution in [2.75, 3.05) is 0 Å². The Bertz CT molecular complexity index is 228. The molecule has 0 spiro atoms. The molecule has 1 fully saturated rings. The first-order valence-corrected chi connectivity index (χ1v) is 5.81. The molecule has 3 radical (unpaired) electrons. The van der Waals surface area contributed by atoms with E-state index < -0.39 is 0 Å². The van der Waals surface area contributed by atoms with E-state index in [1.54, 1.807) is 0 Å². The van der Waals surface area contributed by atoms with Crippen molar-refractivity contribution in [3.05, 3.63) is 26.1 Å². The van der Waals surface area contributed by atoms with Crippen LogP contribution in [0.5, 0.6) is 0 Å². The molecular weight excluding hydrogens is 286 g/mol. The van der Waals surface area contributed by atoms with Gasteiger partial charge in [0.2, 0.25) is 13.9 Å². The molecule has 0 atom stereocenters. The van der Waals surface area contributed by atoms with Gasteiger partial charge in [0.15, 0.2) is 0 Å². The van der Waals surface area contributed by atoms with Gasteiger partial charge in [-0.3, -0.25) is 4.79 Å². The summed E-state index contributed by atoms with van der Waals surface area (Å²) in [4.78, 5) is 11.8. The minimum Gasteiger partial charge on any atom is -0.401 e. The molecule has 0 aromatic carbocycles. The van der Waals surface area contributed by atoms with Gasteiger partial charge in [-0.2, -0.15) is 0 Å². The molecule has 1 aliphatic heterocycles. The van der Waals surface area contributed by atoms with Crippen LogP contribution in [0.4, 0.5) is 0 Å². The van der Waals surface area contributed by atoms with Crippen LogP contribution in [0.3, 0.4) is 0 Å². The van der Waals surface area contributed by atoms with E-state index in [0.29, 0.717) is 12.1 Å². The van der Waals surface area contributed by atoms with Crippen LogP contribution in [0.25, 0.3) is 0 Å². The summed E-state index contributed by atoms with van der Waals surface area (Å²) in [6, 6.07) is 0. The zero-order valence-corrected chi connectivity index (χ0v) is 13.8. The Morgan fingerprint density at radius 3 is 1.82 bits per heavy atom. The predicted octanol–water partition coefficient (Wildman–Crippen LogP) is 3.20. The van der Waals surface area contributed by atoms with Crippen LogP contribution in [-0.2, 0) is 37.5 Å². The van der Waals surface area contributed by atoms with Gasteiger partial charge in [-0.15, -0.1) is 5.70 Å². The number of allylic oxidation sites excluding steroid dienone is 2. The number of nitrogens with zero attached hydrogens (tertiary/aromatic N) is 1. The monoisotopic (exact) mass is 308 g/mol. The maximum absolute atomic E-state index is 10.7. The SMILES string of the molecule is C1CCCCC1.[B]N1C(=O)CCC=C1[CH2-].[CH3-].[Y]. The number of amides is 1. The van der Waals surface area contributed by atoms with Crippen molar-refractivity contribution in [3.8, 4) is 0 Å². The first-order chi connectivity index (χ1) is 7.22. The molecule has 93 valence electrons. The maximum atomic E-state index is 10.7. The van der Waals surface area contributed by atoms with Gasteiger partial charge in [-0.05, 0) is 0 Å². The molecule has 0 unspecified atom stereocenters. The Labute approximate surface area is 133 Å². The van der Waals surface area contributed by atoms with Crippen molar-refractivity contribution < 1.29 is 37.5 Å². The summed E-state index contributed by atoms with van der Waals surface area (Å²) in [5.74, 6) is -0.0532. The van der Waals surface area contributed by atoms with Crippen molar-refractivity contribution in [3.63, 3.8) is 0 Å². The van der Waals surface area contributed by atoms with Crippen LogP contribution in [0.2, 0.25) is 0 Å². The second-order valence-electron chi connectivity index (χ2n) is 4.12. The number of carbonyl (C=O) groups is 1. The smallest absolute Gasteiger partial charge is 0.234 e. The Balaban J connectivity index is 0. The Kier molecular flexibility index (Phi) is 13.1. The third-order valence-electron chi connectivity index (χ3n) is 2.82. The van der Waals surface area contributed by atoms with Gasteiger partial charge in [0.25, 0.3) is 0 Å². The Hall–Kier alpha value is 0.249. The standard InChI is InChI=1S/C6H7BNO.C6H12.CH3.Y/c1-5-3-2-4-6(9)8(5)7;1-2-4-6-5-3-1;;/h3H,1-2,4H2;1-6H2;1H3;/q-1;;-1;. The summed E-state index contributed by atoms with van der Waals surface area (Å²) < 4.78 is 0. The zero-order chi connectivity index (χ0) is 11.1. The van der Waals surface area contributed by atoms with E-state index in [1.807, 2.05) is 6.08 Å². The molecule has 2 rings (SSSR count). The first-order valence-electron chi connectivity index (χ1n) is 5.81. The fraction of sp³-hybridized carbons (Fsp3) is 0.615. The van der Waals surface area contributed by atoms with E-state index in [4.69, 9.17) is 7.98 Å². The molecule has 2 aliphatic rings. The number of hydrogen-bond donors (Lipinski definition) is 0. The second-order valence-corrected chi connectivity index (χ2v) is 4.12. The molecule has 1 saturated carbocycles. The molecule has 0 N–H and O–H groups in total. The third-order valence-corrected chi connectivity index (χ3v) is 2.82. The van der Waals surface area contributed by atoms with Gasteiger partial charge < -0.3 is 12.2 Å². The topological polar surface area (TPSA) is 20.3 Å². The van der Waals surface area contributed by atoms with Crippen LogP contribution in [0.15, 0.2) is 11.8 Å². The van der Waals surface area contributed by atoms with Crippen LogP contribution in [0.1, 0.15) is 51.4 Å². The van der Waals surface area contributed by atoms with Crippen LogP contribution in [0, 0.1) is 14.4 Å². The summed E-state index contributed by atoms with van der Waals surface area (Å²) in [6.45, 7) is 3.57. The molecule has 2 nitrogen and oxygen atoms in total. The number of rotatable bonds is 0. The molecule has 17 heavy (non-hydrogen) atoms. The fourth-order valence-corrected chi connectivity index (χ4v) is 1.80. The minimum atomic E-state index is -0.0532. The summed E-state index contributed by atoms with van der Waals surface area (Å²) >= 11 is 0. The second kappa shape index (κ2) is 11.3. The van der Waals surface area contributed by atoms with Crippen molar-refractivity contribution >= 4 is 13.9 Å². The van der Waals surface area contributed by atoms with Crippen molar-refractivity contribution in [1.29, 1.82) is 0 Å². The number of carbonyl (C=O) groups excluding carboxylic acids is 1. The van der Waals surface area contributed by atoms with E-state index in [0.717, 1.165) is 11.2 Å². The van der Waals surface area contributed by atoms with E-state index in [-0.39, 0.29) is 46.0 Å². The summed E-state index contributed by atoms with van der Waals surface area (Å²) in [5.41, 5.74) is 0.603. The summed E-state index contributed by atoms with van der Waals surface area (Å²) in [7, 11) is 5.27. The van der Waals surface area contributed by atoms with Gasteiger partial charge >= 0.3 is 0 Å². The fourth-order valence-electron chi connectivity index (χ4n) is 1.80. The van der Waals surface area contributed by atoms with Crippen LogP contribution in [-0.4, -0.2) is 18.7 Å². The molecule has 0 aromatic rings. The predicted molar refractivity (Wildman–Crippen MR) is 69.4 cm³/mol. The summed E-state index contributed by atoms with van der Waals surface area (Å²) in [6.07, 6.45) is 12.1. The quantitative estimate of drug-likeness (QED) is 0.497. The molecule has 4 heteroatoms. The van der Waals surface area contributed by atoms with Crippen molar-refractivity contribution in [1.82, 2.24) is 4.81 Å². The van der Waals surface area contributed by atoms with Crippen LogP contribution < -0.4 is 0 Å². The van der Waals surface area contributed by atoms with E-state index in [1.165, 1.54) is 38.5 Å². The molecule has 0 saturated heterocycles. The minimum absolute atomic E-state index is 0. The first kappa shape index (κ1) is 19.6. The normalized spacial score (nSPS) is 18.9. The van der Waals surface area contributed by atoms with Gasteiger partial charge in [-0.25, -0.2) is 13.0 Å². The van der Waals surface area contributed by atoms with Crippen molar-refractivity contribution in [2.24, 2.45) is 0 Å². The molecule has 0 bridgehead atoms. The van der Waals surface area contributed by atoms with Gasteiger partial charge in [0, 0.05) is 39.1 Å². The summed E-state index contributed by atoms with van der Waals surface area (Å²) in [5, 5.41) is 0. The molecule has 1 amide bonds. The Morgan fingerprint density at radius 1 is 1.12 bits per heavy atom. The average molecular weight is 308 g/mol. The van der Waals surface area contributed by atoms with E-state index in [2.05, 4.69) is 6.92 Å². The largest absolute Gasteiger partial charge is 0.401 e. The Morgan fingerprint density at radius 2 is 1.53 bits per heavy atom.